The molecule has 0 aliphatic carbocycles. The summed E-state index contributed by atoms with van der Waals surface area (Å²) in [6.45, 7) is 2.25. The van der Waals surface area contributed by atoms with E-state index in [1.165, 1.54) is 10.2 Å². The van der Waals surface area contributed by atoms with Gasteiger partial charge in [0.05, 0.1) is 0 Å². The van der Waals surface area contributed by atoms with Crippen LogP contribution in [0.4, 0.5) is 11.5 Å². The van der Waals surface area contributed by atoms with Crippen LogP contribution < -0.4 is 11.1 Å². The van der Waals surface area contributed by atoms with Gasteiger partial charge < -0.3 is 11.1 Å². The lowest BCUT2D eigenvalue weighted by Gasteiger charge is -2.06. The Morgan fingerprint density at radius 1 is 1.33 bits per heavy atom. The third-order valence-electron chi connectivity index (χ3n) is 2.61. The molecule has 0 fully saturated rings. The van der Waals surface area contributed by atoms with E-state index >= 15 is 0 Å². The number of nitrogens with one attached hydrogen (secondary N) is 1. The normalized spacial score (nSPS) is 10.3. The number of rotatable bonds is 4. The molecular weight excluding hydrogens is 228 g/mol. The van der Waals surface area contributed by atoms with E-state index in [-0.39, 0.29) is 12.5 Å². The third-order valence-corrected chi connectivity index (χ3v) is 2.61. The van der Waals surface area contributed by atoms with Crippen LogP contribution in [0.5, 0.6) is 0 Å². The van der Waals surface area contributed by atoms with Crippen LogP contribution in [0, 0.1) is 0 Å². The van der Waals surface area contributed by atoms with Crippen molar-refractivity contribution in [3.8, 4) is 0 Å². The largest absolute Gasteiger partial charge is 0.382 e. The second kappa shape index (κ2) is 5.35. The number of aryl methyl sites for hydroxylation is 1. The van der Waals surface area contributed by atoms with Gasteiger partial charge in [0.2, 0.25) is 5.91 Å². The second-order valence-electron chi connectivity index (χ2n) is 4.04. The maximum atomic E-state index is 11.7. The summed E-state index contributed by atoms with van der Waals surface area (Å²) < 4.78 is 1.51. The molecule has 0 spiro atoms. The maximum absolute atomic E-state index is 11.7. The first-order chi connectivity index (χ1) is 8.67. The predicted molar refractivity (Wildman–Crippen MR) is 71.1 cm³/mol. The van der Waals surface area contributed by atoms with Gasteiger partial charge in [-0.1, -0.05) is 19.1 Å². The van der Waals surface area contributed by atoms with Crippen molar-refractivity contribution in [2.75, 3.05) is 11.1 Å². The van der Waals surface area contributed by atoms with E-state index in [4.69, 9.17) is 5.73 Å². The Bertz CT molecular complexity index is 530. The van der Waals surface area contributed by atoms with Crippen molar-refractivity contribution in [1.29, 1.82) is 0 Å². The minimum atomic E-state index is -0.123. The minimum Gasteiger partial charge on any atom is -0.382 e. The van der Waals surface area contributed by atoms with Gasteiger partial charge in [-0.05, 0) is 30.2 Å². The molecule has 0 saturated heterocycles. The SMILES string of the molecule is CCc1ccc(NC(=O)Cn2ccc(N)n2)cc1. The van der Waals surface area contributed by atoms with Crippen molar-refractivity contribution in [1.82, 2.24) is 9.78 Å². The summed E-state index contributed by atoms with van der Waals surface area (Å²) in [6.07, 6.45) is 2.66. The van der Waals surface area contributed by atoms with Crippen molar-refractivity contribution >= 4 is 17.4 Å². The smallest absolute Gasteiger partial charge is 0.246 e. The Hall–Kier alpha value is -2.30. The van der Waals surface area contributed by atoms with Gasteiger partial charge >= 0.3 is 0 Å². The first-order valence-electron chi connectivity index (χ1n) is 5.85. The Kier molecular flexibility index (Phi) is 3.62. The lowest BCUT2D eigenvalue weighted by molar-refractivity contribution is -0.116. The second-order valence-corrected chi connectivity index (χ2v) is 4.04. The number of carbonyl (C=O) groups excluding carboxylic acids is 1. The highest BCUT2D eigenvalue weighted by molar-refractivity contribution is 5.90. The highest BCUT2D eigenvalue weighted by Crippen LogP contribution is 2.10. The molecule has 0 saturated carbocycles. The van der Waals surface area contributed by atoms with Crippen LogP contribution in [0.3, 0.4) is 0 Å². The molecule has 5 heteroatoms. The van der Waals surface area contributed by atoms with Gasteiger partial charge in [-0.25, -0.2) is 0 Å². The summed E-state index contributed by atoms with van der Waals surface area (Å²) in [4.78, 5) is 11.7. The Balaban J connectivity index is 1.94. The van der Waals surface area contributed by atoms with Gasteiger partial charge in [0.1, 0.15) is 12.4 Å². The van der Waals surface area contributed by atoms with Gasteiger partial charge in [-0.2, -0.15) is 5.10 Å². The molecular formula is C13H16N4O. The molecule has 18 heavy (non-hydrogen) atoms. The molecule has 3 N–H and O–H groups in total. The molecule has 1 aromatic carbocycles. The minimum absolute atomic E-state index is 0.123. The molecule has 2 rings (SSSR count). The number of nitrogen functional groups attached to an aromatic ring is 1. The zero-order valence-electron chi connectivity index (χ0n) is 10.3. The molecule has 94 valence electrons. The number of hydrogen-bond donors (Lipinski definition) is 2. The van der Waals surface area contributed by atoms with E-state index in [0.29, 0.717) is 5.82 Å². The molecule has 0 bridgehead atoms. The number of nitrogens with two attached hydrogens (primary N) is 1. The van der Waals surface area contributed by atoms with Crippen molar-refractivity contribution < 1.29 is 4.79 Å². The van der Waals surface area contributed by atoms with Crippen LogP contribution in [0.1, 0.15) is 12.5 Å². The van der Waals surface area contributed by atoms with Crippen molar-refractivity contribution in [3.05, 3.63) is 42.1 Å². The standard InChI is InChI=1S/C13H16N4O/c1-2-10-3-5-11(6-4-10)15-13(18)9-17-8-7-12(14)16-17/h3-8H,2,9H2,1H3,(H2,14,16)(H,15,18). The summed E-state index contributed by atoms with van der Waals surface area (Å²) in [5, 5.41) is 6.76. The molecule has 1 heterocycles. The fraction of sp³-hybridized carbons (Fsp3) is 0.231. The zero-order valence-corrected chi connectivity index (χ0v) is 10.3. The number of anilines is 2. The number of aromatic nitrogens is 2. The molecule has 5 nitrogen and oxygen atoms in total. The number of benzene rings is 1. The van der Waals surface area contributed by atoms with Crippen LogP contribution in [0.2, 0.25) is 0 Å². The topological polar surface area (TPSA) is 72.9 Å². The van der Waals surface area contributed by atoms with Crippen molar-refractivity contribution in [3.63, 3.8) is 0 Å². The van der Waals surface area contributed by atoms with Crippen molar-refractivity contribution in [2.24, 2.45) is 0 Å². The number of hydrogen-bond acceptors (Lipinski definition) is 3. The molecule has 0 atom stereocenters. The lowest BCUT2D eigenvalue weighted by atomic mass is 10.1. The highest BCUT2D eigenvalue weighted by Gasteiger charge is 2.04. The fourth-order valence-corrected chi connectivity index (χ4v) is 1.64. The fourth-order valence-electron chi connectivity index (χ4n) is 1.64. The van der Waals surface area contributed by atoms with E-state index in [1.54, 1.807) is 12.3 Å². The van der Waals surface area contributed by atoms with E-state index in [1.807, 2.05) is 24.3 Å². The highest BCUT2D eigenvalue weighted by atomic mass is 16.2. The molecule has 1 aromatic heterocycles. The molecule has 0 radical (unpaired) electrons. The zero-order chi connectivity index (χ0) is 13.0. The van der Waals surface area contributed by atoms with Crippen LogP contribution >= 0.6 is 0 Å². The average Bonchev–Trinajstić information content (AvgIpc) is 2.75. The summed E-state index contributed by atoms with van der Waals surface area (Å²) in [6, 6.07) is 9.45. The number of nitrogens with zero attached hydrogens (tertiary/aromatic N) is 2. The Morgan fingerprint density at radius 3 is 2.61 bits per heavy atom. The monoisotopic (exact) mass is 244 g/mol. The van der Waals surface area contributed by atoms with E-state index < -0.39 is 0 Å². The van der Waals surface area contributed by atoms with Gasteiger partial charge in [-0.15, -0.1) is 0 Å². The first kappa shape index (κ1) is 12.2. The van der Waals surface area contributed by atoms with Gasteiger partial charge in [0.25, 0.3) is 0 Å². The Labute approximate surface area is 106 Å². The molecule has 0 aliphatic rings. The van der Waals surface area contributed by atoms with Crippen LogP contribution in [0.15, 0.2) is 36.5 Å². The lowest BCUT2D eigenvalue weighted by Crippen LogP contribution is -2.19. The third kappa shape index (κ3) is 3.10. The maximum Gasteiger partial charge on any atom is 0.246 e. The van der Waals surface area contributed by atoms with E-state index in [0.717, 1.165) is 12.1 Å². The summed E-state index contributed by atoms with van der Waals surface area (Å²) >= 11 is 0. The number of amides is 1. The van der Waals surface area contributed by atoms with Crippen LogP contribution in [-0.4, -0.2) is 15.7 Å². The molecule has 2 aromatic rings. The predicted octanol–water partition coefficient (Wildman–Crippen LogP) is 1.67. The first-order valence-corrected chi connectivity index (χ1v) is 5.85. The summed E-state index contributed by atoms with van der Waals surface area (Å²) in [5.41, 5.74) is 7.51. The van der Waals surface area contributed by atoms with E-state index in [9.17, 15) is 4.79 Å². The molecule has 0 unspecified atom stereocenters. The van der Waals surface area contributed by atoms with E-state index in [2.05, 4.69) is 17.3 Å². The Morgan fingerprint density at radius 2 is 2.06 bits per heavy atom. The average molecular weight is 244 g/mol. The van der Waals surface area contributed by atoms with Gasteiger partial charge in [-0.3, -0.25) is 9.48 Å². The van der Waals surface area contributed by atoms with Crippen LogP contribution in [0.25, 0.3) is 0 Å². The molecule has 0 aliphatic heterocycles. The van der Waals surface area contributed by atoms with Gasteiger partial charge in [0.15, 0.2) is 0 Å². The van der Waals surface area contributed by atoms with Crippen molar-refractivity contribution in [2.45, 2.75) is 19.9 Å². The quantitative estimate of drug-likeness (QED) is 0.859. The molecule has 1 amide bonds. The number of carbonyl (C=O) groups is 1. The van der Waals surface area contributed by atoms with Gasteiger partial charge in [0, 0.05) is 11.9 Å². The van der Waals surface area contributed by atoms with Crippen LogP contribution in [-0.2, 0) is 17.8 Å². The summed E-state index contributed by atoms with van der Waals surface area (Å²) in [5.74, 6) is 0.289. The summed E-state index contributed by atoms with van der Waals surface area (Å²) in [7, 11) is 0.